The predicted molar refractivity (Wildman–Crippen MR) is 119 cm³/mol. The first-order valence-corrected chi connectivity index (χ1v) is 9.48. The summed E-state index contributed by atoms with van der Waals surface area (Å²) < 4.78 is 2.38. The lowest BCUT2D eigenvalue weighted by Crippen LogP contribution is -2.39. The van der Waals surface area contributed by atoms with Crippen molar-refractivity contribution in [2.24, 2.45) is 14.1 Å². The number of carbonyl (C=O) groups is 1. The van der Waals surface area contributed by atoms with E-state index in [1.807, 2.05) is 26.8 Å². The molecule has 2 rings (SSSR count). The highest BCUT2D eigenvalue weighted by Gasteiger charge is 2.21. The molecule has 0 spiro atoms. The zero-order valence-corrected chi connectivity index (χ0v) is 18.4. The molecular weight excluding hydrogens is 386 g/mol. The first kappa shape index (κ1) is 22.8. The highest BCUT2D eigenvalue weighted by Crippen LogP contribution is 2.31. The van der Waals surface area contributed by atoms with Crippen LogP contribution in [0, 0.1) is 0 Å². The van der Waals surface area contributed by atoms with Crippen LogP contribution in [0.5, 0.6) is 5.75 Å². The summed E-state index contributed by atoms with van der Waals surface area (Å²) in [7, 11) is 6.12. The molecule has 3 N–H and O–H groups in total. The van der Waals surface area contributed by atoms with Gasteiger partial charge in [0, 0.05) is 34.2 Å². The van der Waals surface area contributed by atoms with Gasteiger partial charge in [-0.15, -0.1) is 0 Å². The van der Waals surface area contributed by atoms with Gasteiger partial charge in [-0.1, -0.05) is 17.7 Å². The Hall–Kier alpha value is -3.49. The van der Waals surface area contributed by atoms with Crippen LogP contribution < -0.4 is 21.8 Å². The number of rotatable bonds is 6. The Labute approximate surface area is 175 Å². The van der Waals surface area contributed by atoms with Crippen molar-refractivity contribution < 1.29 is 9.90 Å². The summed E-state index contributed by atoms with van der Waals surface area (Å²) in [6.45, 7) is 5.73. The van der Waals surface area contributed by atoms with Gasteiger partial charge in [-0.2, -0.15) is 0 Å². The maximum Gasteiger partial charge on any atom is 0.290 e. The second kappa shape index (κ2) is 8.89. The van der Waals surface area contributed by atoms with Gasteiger partial charge >= 0.3 is 0 Å². The molecule has 162 valence electrons. The predicted octanol–water partition coefficient (Wildman–Crippen LogP) is 2.00. The van der Waals surface area contributed by atoms with Crippen LogP contribution in [0.2, 0.25) is 0 Å². The van der Waals surface area contributed by atoms with Crippen molar-refractivity contribution in [3.63, 3.8) is 0 Å². The smallest absolute Gasteiger partial charge is 0.290 e. The molecule has 1 atom stereocenters. The number of phenols is 1. The van der Waals surface area contributed by atoms with Gasteiger partial charge in [0.1, 0.15) is 11.4 Å². The van der Waals surface area contributed by atoms with E-state index < -0.39 is 11.1 Å². The highest BCUT2D eigenvalue weighted by molar-refractivity contribution is 5.98. The molecule has 0 saturated carbocycles. The summed E-state index contributed by atoms with van der Waals surface area (Å²) in [5, 5.41) is 16.5. The standard InChI is InChI=1S/C21H29N5O4/c1-12(2)11-13(3)22-16-17(21(30)26(7)25(6)20(16)29)23-15-10-8-9-14(18(15)27)19(28)24(4)5/h8-11,13,22-23,27H,1-7H3/t13-/m0/s1. The molecule has 0 saturated heterocycles. The van der Waals surface area contributed by atoms with Gasteiger partial charge in [-0.25, -0.2) is 9.36 Å². The monoisotopic (exact) mass is 415 g/mol. The molecule has 30 heavy (non-hydrogen) atoms. The summed E-state index contributed by atoms with van der Waals surface area (Å²) in [4.78, 5) is 39.5. The molecule has 0 aliphatic heterocycles. The van der Waals surface area contributed by atoms with Crippen LogP contribution in [0.25, 0.3) is 0 Å². The number of aromatic nitrogens is 2. The molecule has 9 nitrogen and oxygen atoms in total. The van der Waals surface area contributed by atoms with Gasteiger partial charge in [0.2, 0.25) is 0 Å². The summed E-state index contributed by atoms with van der Waals surface area (Å²) in [5.41, 5.74) is 0.469. The third kappa shape index (κ3) is 4.56. The molecular formula is C21H29N5O4. The van der Waals surface area contributed by atoms with Crippen LogP contribution in [0.3, 0.4) is 0 Å². The summed E-state index contributed by atoms with van der Waals surface area (Å²) in [6, 6.07) is 4.39. The lowest BCUT2D eigenvalue weighted by Gasteiger charge is -2.20. The molecule has 1 aromatic carbocycles. The maximum absolute atomic E-state index is 12.9. The van der Waals surface area contributed by atoms with Crippen LogP contribution in [0.4, 0.5) is 17.1 Å². The first-order chi connectivity index (χ1) is 14.0. The molecule has 0 bridgehead atoms. The normalized spacial score (nSPS) is 11.6. The van der Waals surface area contributed by atoms with E-state index in [0.29, 0.717) is 0 Å². The van der Waals surface area contributed by atoms with Gasteiger partial charge in [-0.05, 0) is 32.9 Å². The Bertz CT molecular complexity index is 1110. The zero-order chi connectivity index (χ0) is 22.7. The van der Waals surface area contributed by atoms with Gasteiger partial charge in [0.05, 0.1) is 11.3 Å². The average molecular weight is 415 g/mol. The fraction of sp³-hybridized carbons (Fsp3) is 0.381. The molecule has 0 aliphatic rings. The minimum absolute atomic E-state index is 0.0145. The molecule has 0 aliphatic carbocycles. The average Bonchev–Trinajstić information content (AvgIpc) is 2.67. The third-order valence-electron chi connectivity index (χ3n) is 4.60. The fourth-order valence-electron chi connectivity index (χ4n) is 3.02. The Morgan fingerprint density at radius 3 is 2.20 bits per heavy atom. The van der Waals surface area contributed by atoms with E-state index in [2.05, 4.69) is 10.6 Å². The maximum atomic E-state index is 12.9. The minimum Gasteiger partial charge on any atom is -0.505 e. The first-order valence-electron chi connectivity index (χ1n) is 9.48. The number of amides is 1. The number of phenolic OH excluding ortho intramolecular Hbond substituents is 1. The largest absolute Gasteiger partial charge is 0.505 e. The van der Waals surface area contributed by atoms with Crippen molar-refractivity contribution in [2.45, 2.75) is 26.8 Å². The molecule has 1 heterocycles. The van der Waals surface area contributed by atoms with Gasteiger partial charge in [-0.3, -0.25) is 14.4 Å². The number of nitrogens with zero attached hydrogens (tertiary/aromatic N) is 3. The molecule has 2 aromatic rings. The van der Waals surface area contributed by atoms with E-state index in [0.717, 1.165) is 5.57 Å². The van der Waals surface area contributed by atoms with Crippen LogP contribution in [0.1, 0.15) is 31.1 Å². The second-order valence-corrected chi connectivity index (χ2v) is 7.61. The molecule has 1 amide bonds. The number of anilines is 3. The van der Waals surface area contributed by atoms with E-state index in [-0.39, 0.29) is 40.3 Å². The van der Waals surface area contributed by atoms with Crippen molar-refractivity contribution >= 4 is 23.0 Å². The fourth-order valence-corrected chi connectivity index (χ4v) is 3.02. The van der Waals surface area contributed by atoms with Crippen molar-refractivity contribution in [1.82, 2.24) is 14.3 Å². The number of allylic oxidation sites excluding steroid dienone is 1. The van der Waals surface area contributed by atoms with Gasteiger partial charge in [0.25, 0.3) is 17.0 Å². The molecule has 0 unspecified atom stereocenters. The minimum atomic E-state index is -0.465. The van der Waals surface area contributed by atoms with Crippen molar-refractivity contribution in [1.29, 1.82) is 0 Å². The number of hydrogen-bond donors (Lipinski definition) is 3. The van der Waals surface area contributed by atoms with Crippen molar-refractivity contribution in [3.05, 3.63) is 56.1 Å². The quantitative estimate of drug-likeness (QED) is 0.492. The molecule has 0 radical (unpaired) electrons. The van der Waals surface area contributed by atoms with Crippen molar-refractivity contribution in [3.8, 4) is 5.75 Å². The Kier molecular flexibility index (Phi) is 6.76. The summed E-state index contributed by atoms with van der Waals surface area (Å²) >= 11 is 0. The van der Waals surface area contributed by atoms with E-state index in [4.69, 9.17) is 0 Å². The van der Waals surface area contributed by atoms with E-state index in [9.17, 15) is 19.5 Å². The van der Waals surface area contributed by atoms with E-state index in [1.165, 1.54) is 40.5 Å². The number of nitrogens with one attached hydrogen (secondary N) is 2. The van der Waals surface area contributed by atoms with Crippen molar-refractivity contribution in [2.75, 3.05) is 24.7 Å². The lowest BCUT2D eigenvalue weighted by molar-refractivity contribution is 0.0824. The van der Waals surface area contributed by atoms with Crippen LogP contribution >= 0.6 is 0 Å². The summed E-state index contributed by atoms with van der Waals surface area (Å²) in [6.07, 6.45) is 1.93. The van der Waals surface area contributed by atoms with Crippen LogP contribution in [0.15, 0.2) is 39.4 Å². The zero-order valence-electron chi connectivity index (χ0n) is 18.4. The molecule has 1 aromatic heterocycles. The van der Waals surface area contributed by atoms with Crippen LogP contribution in [-0.2, 0) is 14.1 Å². The van der Waals surface area contributed by atoms with E-state index in [1.54, 1.807) is 20.2 Å². The number of para-hydroxylation sites is 1. The highest BCUT2D eigenvalue weighted by atomic mass is 16.3. The van der Waals surface area contributed by atoms with Gasteiger partial charge in [0.15, 0.2) is 5.75 Å². The number of aromatic hydroxyl groups is 1. The molecule has 9 heteroatoms. The number of benzene rings is 1. The molecule has 0 fully saturated rings. The number of carbonyl (C=O) groups excluding carboxylic acids is 1. The third-order valence-corrected chi connectivity index (χ3v) is 4.60. The lowest BCUT2D eigenvalue weighted by atomic mass is 10.1. The Balaban J connectivity index is 2.64. The second-order valence-electron chi connectivity index (χ2n) is 7.61. The van der Waals surface area contributed by atoms with Crippen LogP contribution in [-0.4, -0.2) is 45.4 Å². The Morgan fingerprint density at radius 2 is 1.67 bits per heavy atom. The SMILES string of the molecule is CC(C)=C[C@H](C)Nc1c(Nc2cccc(C(=O)N(C)C)c2O)c(=O)n(C)n(C)c1=O. The topological polar surface area (TPSA) is 109 Å². The van der Waals surface area contributed by atoms with Gasteiger partial charge < -0.3 is 20.6 Å². The summed E-state index contributed by atoms with van der Waals surface area (Å²) in [5.74, 6) is -0.689. The van der Waals surface area contributed by atoms with E-state index >= 15 is 0 Å². The Morgan fingerprint density at radius 1 is 1.10 bits per heavy atom. The number of hydrogen-bond acceptors (Lipinski definition) is 6.